The van der Waals surface area contributed by atoms with Gasteiger partial charge in [0.15, 0.2) is 5.69 Å². The maximum Gasteiger partial charge on any atom is 0.273 e. The Balaban J connectivity index is 1.46. The lowest BCUT2D eigenvalue weighted by Crippen LogP contribution is -2.42. The molecule has 0 unspecified atom stereocenters. The molecule has 43 heavy (non-hydrogen) atoms. The molecule has 3 aromatic heterocycles. The monoisotopic (exact) mass is 601 g/mol. The normalized spacial score (nSPS) is 18.8. The lowest BCUT2D eigenvalue weighted by molar-refractivity contribution is -0.123. The van der Waals surface area contributed by atoms with Crippen LogP contribution in [0.3, 0.4) is 0 Å². The highest BCUT2D eigenvalue weighted by Gasteiger charge is 2.27. The minimum absolute atomic E-state index is 0.0574. The van der Waals surface area contributed by atoms with E-state index >= 15 is 0 Å². The number of rotatable bonds is 6. The van der Waals surface area contributed by atoms with Gasteiger partial charge in [-0.05, 0) is 29.5 Å². The Morgan fingerprint density at radius 2 is 1.79 bits per heavy atom. The molecule has 0 saturated carbocycles. The van der Waals surface area contributed by atoms with Gasteiger partial charge in [-0.25, -0.2) is 9.97 Å². The van der Waals surface area contributed by atoms with Crippen molar-refractivity contribution in [2.75, 3.05) is 19.6 Å². The first-order chi connectivity index (χ1) is 20.8. The second kappa shape index (κ2) is 14.2. The molecule has 2 atom stereocenters. The van der Waals surface area contributed by atoms with Gasteiger partial charge >= 0.3 is 0 Å². The van der Waals surface area contributed by atoms with Crippen LogP contribution in [-0.4, -0.2) is 57.2 Å². The number of pyridine rings is 1. The van der Waals surface area contributed by atoms with Crippen molar-refractivity contribution in [1.29, 1.82) is 0 Å². The quantitative estimate of drug-likeness (QED) is 0.304. The lowest BCUT2D eigenvalue weighted by Gasteiger charge is -2.23. The highest BCUT2D eigenvalue weighted by Crippen LogP contribution is 2.26. The second-order valence-electron chi connectivity index (χ2n) is 10.9. The fraction of sp³-hybridized carbons (Fsp3) is 0.355. The van der Waals surface area contributed by atoms with Gasteiger partial charge in [0.05, 0.1) is 12.6 Å². The highest BCUT2D eigenvalue weighted by atomic mass is 32.1. The summed E-state index contributed by atoms with van der Waals surface area (Å²) in [5.41, 5.74) is 2.30. The molecule has 0 fully saturated rings. The van der Waals surface area contributed by atoms with Crippen LogP contribution in [0.5, 0.6) is 0 Å². The zero-order valence-corrected chi connectivity index (χ0v) is 25.0. The molecule has 3 amide bonds. The van der Waals surface area contributed by atoms with Gasteiger partial charge in [-0.1, -0.05) is 50.2 Å². The van der Waals surface area contributed by atoms with Crippen molar-refractivity contribution >= 4 is 29.1 Å². The SMILES string of the molecule is CC(C)C[C@@H]1NC(=O)c2coc(n2)[C@H](Cc2ccccc2)NC(=O)CN(Cc2cccnc2)CCNC(=O)c2csc1n2. The molecule has 0 radical (unpaired) electrons. The number of oxazole rings is 1. The Kier molecular flexibility index (Phi) is 9.90. The number of carbonyl (C=O) groups excluding carboxylic acids is 3. The van der Waals surface area contributed by atoms with Gasteiger partial charge in [0.25, 0.3) is 11.8 Å². The number of thiazole rings is 1. The van der Waals surface area contributed by atoms with E-state index in [1.54, 1.807) is 17.8 Å². The number of benzene rings is 1. The molecule has 3 N–H and O–H groups in total. The predicted molar refractivity (Wildman–Crippen MR) is 161 cm³/mol. The van der Waals surface area contributed by atoms with Crippen molar-refractivity contribution < 1.29 is 18.8 Å². The summed E-state index contributed by atoms with van der Waals surface area (Å²) >= 11 is 1.33. The summed E-state index contributed by atoms with van der Waals surface area (Å²) < 4.78 is 5.79. The van der Waals surface area contributed by atoms with Gasteiger partial charge < -0.3 is 20.4 Å². The highest BCUT2D eigenvalue weighted by molar-refractivity contribution is 7.09. The summed E-state index contributed by atoms with van der Waals surface area (Å²) in [7, 11) is 0. The van der Waals surface area contributed by atoms with E-state index in [4.69, 9.17) is 4.42 Å². The molecular formula is C31H35N7O4S. The van der Waals surface area contributed by atoms with Crippen molar-refractivity contribution in [2.45, 2.75) is 45.3 Å². The molecule has 0 spiro atoms. The zero-order valence-electron chi connectivity index (χ0n) is 24.2. The van der Waals surface area contributed by atoms with Crippen LogP contribution in [0.25, 0.3) is 0 Å². The molecular weight excluding hydrogens is 566 g/mol. The first kappa shape index (κ1) is 30.1. The minimum atomic E-state index is -0.608. The summed E-state index contributed by atoms with van der Waals surface area (Å²) in [5, 5.41) is 11.3. The molecule has 12 heteroatoms. The van der Waals surface area contributed by atoms with Crippen molar-refractivity contribution in [2.24, 2.45) is 5.92 Å². The van der Waals surface area contributed by atoms with Crippen molar-refractivity contribution in [3.05, 3.63) is 99.9 Å². The van der Waals surface area contributed by atoms with Crippen LogP contribution in [0, 0.1) is 5.92 Å². The molecule has 0 saturated heterocycles. The molecule has 1 aliphatic heterocycles. The number of carbonyl (C=O) groups is 3. The third-order valence-corrected chi connectivity index (χ3v) is 7.90. The van der Waals surface area contributed by atoms with E-state index in [2.05, 4.69) is 44.7 Å². The van der Waals surface area contributed by atoms with Crippen molar-refractivity contribution in [3.63, 3.8) is 0 Å². The van der Waals surface area contributed by atoms with Crippen LogP contribution in [0.2, 0.25) is 0 Å². The molecule has 1 aromatic carbocycles. The summed E-state index contributed by atoms with van der Waals surface area (Å²) in [6, 6.07) is 12.5. The first-order valence-corrected chi connectivity index (χ1v) is 15.2. The Labute approximate surface area is 254 Å². The number of aromatic nitrogens is 3. The Hall–Kier alpha value is -4.42. The molecule has 11 nitrogen and oxygen atoms in total. The molecule has 0 aliphatic carbocycles. The van der Waals surface area contributed by atoms with Crippen LogP contribution in [0.1, 0.15) is 75.4 Å². The van der Waals surface area contributed by atoms with E-state index in [1.807, 2.05) is 47.4 Å². The molecule has 4 heterocycles. The fourth-order valence-corrected chi connectivity index (χ4v) is 5.77. The minimum Gasteiger partial charge on any atom is -0.446 e. The maximum atomic E-state index is 13.4. The van der Waals surface area contributed by atoms with E-state index < -0.39 is 18.0 Å². The topological polar surface area (TPSA) is 142 Å². The largest absolute Gasteiger partial charge is 0.446 e. The van der Waals surface area contributed by atoms with Crippen LogP contribution in [0.15, 0.2) is 70.9 Å². The molecule has 224 valence electrons. The average molecular weight is 602 g/mol. The number of nitrogens with one attached hydrogen (secondary N) is 3. The van der Waals surface area contributed by atoms with E-state index in [9.17, 15) is 14.4 Å². The Morgan fingerprint density at radius 3 is 2.56 bits per heavy atom. The number of fused-ring (bicyclic) bond motifs is 4. The van der Waals surface area contributed by atoms with E-state index in [0.717, 1.165) is 11.1 Å². The van der Waals surface area contributed by atoms with Crippen molar-refractivity contribution in [1.82, 2.24) is 35.8 Å². The first-order valence-electron chi connectivity index (χ1n) is 14.3. The molecule has 1 aliphatic rings. The third kappa shape index (κ3) is 8.33. The Bertz CT molecular complexity index is 1520. The Morgan fingerprint density at radius 1 is 0.977 bits per heavy atom. The summed E-state index contributed by atoms with van der Waals surface area (Å²) in [4.78, 5) is 54.9. The smallest absolute Gasteiger partial charge is 0.273 e. The van der Waals surface area contributed by atoms with Gasteiger partial charge in [-0.15, -0.1) is 11.3 Å². The number of hydrogen-bond donors (Lipinski definition) is 3. The van der Waals surface area contributed by atoms with Gasteiger partial charge in [0, 0.05) is 43.8 Å². The lowest BCUT2D eigenvalue weighted by atomic mass is 10.0. The maximum absolute atomic E-state index is 13.4. The van der Waals surface area contributed by atoms with E-state index in [1.165, 1.54) is 17.6 Å². The van der Waals surface area contributed by atoms with Gasteiger partial charge in [0.2, 0.25) is 11.8 Å². The standard InChI is InChI=1S/C31H35N7O4S/c1-20(2)13-24-31-37-26(19-43-31)28(40)33-11-12-38(16-22-9-6-10-32-15-22)17-27(39)34-23(14-21-7-4-3-5-8-21)30-36-25(18-42-30)29(41)35-24/h3-10,15,18-20,23-24H,11-14,16-17H2,1-2H3,(H,33,40)(H,34,39)(H,35,41)/t23-,24-/m0/s1. The van der Waals surface area contributed by atoms with Gasteiger partial charge in [-0.2, -0.15) is 0 Å². The van der Waals surface area contributed by atoms with Crippen LogP contribution in [-0.2, 0) is 17.8 Å². The summed E-state index contributed by atoms with van der Waals surface area (Å²) in [5.74, 6) is -0.481. The second-order valence-corrected chi connectivity index (χ2v) is 11.8. The molecule has 4 bridgehead atoms. The number of amides is 3. The number of hydrogen-bond acceptors (Lipinski definition) is 9. The van der Waals surface area contributed by atoms with Crippen LogP contribution >= 0.6 is 11.3 Å². The molecule has 5 rings (SSSR count). The van der Waals surface area contributed by atoms with Crippen molar-refractivity contribution in [3.8, 4) is 0 Å². The summed E-state index contributed by atoms with van der Waals surface area (Å²) in [6.07, 6.45) is 5.81. The van der Waals surface area contributed by atoms with Gasteiger partial charge in [-0.3, -0.25) is 24.3 Å². The average Bonchev–Trinajstić information content (AvgIpc) is 3.68. The van der Waals surface area contributed by atoms with E-state index in [0.29, 0.717) is 37.5 Å². The van der Waals surface area contributed by atoms with Gasteiger partial charge in [0.1, 0.15) is 23.0 Å². The summed E-state index contributed by atoms with van der Waals surface area (Å²) in [6.45, 7) is 5.36. The predicted octanol–water partition coefficient (Wildman–Crippen LogP) is 3.69. The van der Waals surface area contributed by atoms with E-state index in [-0.39, 0.29) is 41.6 Å². The number of nitrogens with zero attached hydrogens (tertiary/aromatic N) is 4. The van der Waals surface area contributed by atoms with Crippen LogP contribution in [0.4, 0.5) is 0 Å². The molecule has 4 aromatic rings. The fourth-order valence-electron chi connectivity index (χ4n) is 4.90. The van der Waals surface area contributed by atoms with Crippen LogP contribution < -0.4 is 16.0 Å². The third-order valence-electron chi connectivity index (χ3n) is 6.95. The zero-order chi connectivity index (χ0) is 30.2.